The second-order valence-corrected chi connectivity index (χ2v) is 5.48. The van der Waals surface area contributed by atoms with E-state index < -0.39 is 0 Å². The Bertz CT molecular complexity index is 264. The summed E-state index contributed by atoms with van der Waals surface area (Å²) in [4.78, 5) is 16.8. The van der Waals surface area contributed by atoms with Gasteiger partial charge in [-0.05, 0) is 45.3 Å². The van der Waals surface area contributed by atoms with Crippen LogP contribution in [0.25, 0.3) is 0 Å². The molecule has 18 heavy (non-hydrogen) atoms. The first kappa shape index (κ1) is 13.8. The average Bonchev–Trinajstić information content (AvgIpc) is 2.93. The minimum absolute atomic E-state index is 0.333. The van der Waals surface area contributed by atoms with Crippen LogP contribution in [-0.4, -0.2) is 61.0 Å². The lowest BCUT2D eigenvalue weighted by Crippen LogP contribution is -2.49. The first-order chi connectivity index (χ1) is 8.81. The van der Waals surface area contributed by atoms with E-state index in [4.69, 9.17) is 0 Å². The van der Waals surface area contributed by atoms with Crippen LogP contribution < -0.4 is 5.32 Å². The van der Waals surface area contributed by atoms with E-state index in [1.165, 1.54) is 38.8 Å². The van der Waals surface area contributed by atoms with Gasteiger partial charge in [0.15, 0.2) is 0 Å². The van der Waals surface area contributed by atoms with Crippen molar-refractivity contribution in [1.82, 2.24) is 15.1 Å². The maximum Gasteiger partial charge on any atom is 0.223 e. The fourth-order valence-electron chi connectivity index (χ4n) is 3.12. The molecular weight excluding hydrogens is 226 g/mol. The summed E-state index contributed by atoms with van der Waals surface area (Å²) in [5.74, 6) is 0.333. The number of amides is 1. The van der Waals surface area contributed by atoms with Gasteiger partial charge in [0.25, 0.3) is 0 Å². The van der Waals surface area contributed by atoms with E-state index in [2.05, 4.69) is 22.0 Å². The summed E-state index contributed by atoms with van der Waals surface area (Å²) in [5.41, 5.74) is 0. The van der Waals surface area contributed by atoms with Crippen molar-refractivity contribution in [3.05, 3.63) is 0 Å². The Balaban J connectivity index is 1.76. The molecule has 4 nitrogen and oxygen atoms in total. The monoisotopic (exact) mass is 253 g/mol. The van der Waals surface area contributed by atoms with E-state index >= 15 is 0 Å². The molecule has 2 aliphatic rings. The summed E-state index contributed by atoms with van der Waals surface area (Å²) in [6.45, 7) is 8.26. The molecule has 0 spiro atoms. The van der Waals surface area contributed by atoms with Crippen LogP contribution in [0, 0.1) is 0 Å². The number of likely N-dealkylation sites (tertiary alicyclic amines) is 2. The predicted octanol–water partition coefficient (Wildman–Crippen LogP) is 1.07. The molecule has 0 aromatic heterocycles. The summed E-state index contributed by atoms with van der Waals surface area (Å²) in [7, 11) is 0. The zero-order chi connectivity index (χ0) is 12.8. The minimum Gasteiger partial charge on any atom is -0.341 e. The van der Waals surface area contributed by atoms with Crippen LogP contribution in [0.1, 0.15) is 39.0 Å². The maximum atomic E-state index is 12.1. The molecule has 1 N–H and O–H groups in total. The van der Waals surface area contributed by atoms with Crippen LogP contribution in [0.3, 0.4) is 0 Å². The van der Waals surface area contributed by atoms with E-state index in [0.717, 1.165) is 26.2 Å². The van der Waals surface area contributed by atoms with Gasteiger partial charge in [-0.15, -0.1) is 0 Å². The normalized spacial score (nSPS) is 25.6. The van der Waals surface area contributed by atoms with Gasteiger partial charge in [0.2, 0.25) is 5.91 Å². The molecular formula is C14H27N3O. The van der Waals surface area contributed by atoms with Crippen molar-refractivity contribution in [1.29, 1.82) is 0 Å². The molecule has 2 fully saturated rings. The van der Waals surface area contributed by atoms with Crippen molar-refractivity contribution in [3.63, 3.8) is 0 Å². The zero-order valence-electron chi connectivity index (χ0n) is 11.7. The van der Waals surface area contributed by atoms with E-state index in [9.17, 15) is 4.79 Å². The van der Waals surface area contributed by atoms with Gasteiger partial charge in [0, 0.05) is 32.1 Å². The fraction of sp³-hybridized carbons (Fsp3) is 0.929. The molecule has 2 rings (SSSR count). The van der Waals surface area contributed by atoms with Gasteiger partial charge in [-0.25, -0.2) is 0 Å². The molecule has 0 bridgehead atoms. The number of nitrogens with zero attached hydrogens (tertiary/aromatic N) is 2. The number of hydrogen-bond donors (Lipinski definition) is 1. The first-order valence-electron chi connectivity index (χ1n) is 7.54. The number of carbonyl (C=O) groups excluding carboxylic acids is 1. The van der Waals surface area contributed by atoms with Crippen LogP contribution in [-0.2, 0) is 4.79 Å². The third-order valence-electron chi connectivity index (χ3n) is 4.17. The predicted molar refractivity (Wildman–Crippen MR) is 73.6 cm³/mol. The van der Waals surface area contributed by atoms with E-state index in [-0.39, 0.29) is 0 Å². The molecule has 104 valence electrons. The van der Waals surface area contributed by atoms with Gasteiger partial charge in [0.1, 0.15) is 0 Å². The molecule has 0 radical (unpaired) electrons. The third kappa shape index (κ3) is 3.69. The highest BCUT2D eigenvalue weighted by Crippen LogP contribution is 2.20. The van der Waals surface area contributed by atoms with Crippen molar-refractivity contribution < 1.29 is 4.79 Å². The molecule has 0 aromatic carbocycles. The number of carbonyl (C=O) groups is 1. The van der Waals surface area contributed by atoms with Crippen molar-refractivity contribution >= 4 is 5.91 Å². The third-order valence-corrected chi connectivity index (χ3v) is 4.17. The number of nitrogens with one attached hydrogen (secondary N) is 1. The molecule has 0 aromatic rings. The van der Waals surface area contributed by atoms with Gasteiger partial charge in [-0.3, -0.25) is 9.69 Å². The van der Waals surface area contributed by atoms with Gasteiger partial charge in [-0.2, -0.15) is 0 Å². The maximum absolute atomic E-state index is 12.1. The van der Waals surface area contributed by atoms with Crippen molar-refractivity contribution in [2.24, 2.45) is 0 Å². The molecule has 1 atom stereocenters. The molecule has 1 unspecified atom stereocenters. The molecule has 1 amide bonds. The van der Waals surface area contributed by atoms with Gasteiger partial charge in [-0.1, -0.05) is 6.92 Å². The van der Waals surface area contributed by atoms with Crippen molar-refractivity contribution in [2.45, 2.75) is 45.1 Å². The summed E-state index contributed by atoms with van der Waals surface area (Å²) in [6, 6.07) is 0.629. The SMILES string of the molecule is CCNCCC(=O)N1CCCC(N2CCCC2)C1. The Morgan fingerprint density at radius 3 is 2.72 bits per heavy atom. The average molecular weight is 253 g/mol. The Morgan fingerprint density at radius 2 is 2.00 bits per heavy atom. The van der Waals surface area contributed by atoms with Crippen LogP contribution in [0.2, 0.25) is 0 Å². The van der Waals surface area contributed by atoms with Crippen LogP contribution in [0.5, 0.6) is 0 Å². The highest BCUT2D eigenvalue weighted by atomic mass is 16.2. The second-order valence-electron chi connectivity index (χ2n) is 5.48. The zero-order valence-corrected chi connectivity index (χ0v) is 11.7. The van der Waals surface area contributed by atoms with Gasteiger partial charge >= 0.3 is 0 Å². The Labute approximate surface area is 111 Å². The first-order valence-corrected chi connectivity index (χ1v) is 7.54. The second kappa shape index (κ2) is 7.10. The van der Waals surface area contributed by atoms with Crippen molar-refractivity contribution in [3.8, 4) is 0 Å². The molecule has 2 saturated heterocycles. The highest BCUT2D eigenvalue weighted by molar-refractivity contribution is 5.76. The summed E-state index contributed by atoms with van der Waals surface area (Å²) in [5, 5.41) is 3.23. The summed E-state index contributed by atoms with van der Waals surface area (Å²) < 4.78 is 0. The largest absolute Gasteiger partial charge is 0.341 e. The smallest absolute Gasteiger partial charge is 0.223 e. The van der Waals surface area contributed by atoms with Gasteiger partial charge in [0.05, 0.1) is 0 Å². The highest BCUT2D eigenvalue weighted by Gasteiger charge is 2.28. The quantitative estimate of drug-likeness (QED) is 0.745. The molecule has 4 heteroatoms. The van der Waals surface area contributed by atoms with Crippen LogP contribution in [0.4, 0.5) is 0 Å². The molecule has 2 aliphatic heterocycles. The lowest BCUT2D eigenvalue weighted by atomic mass is 10.0. The van der Waals surface area contributed by atoms with Crippen LogP contribution >= 0.6 is 0 Å². The Kier molecular flexibility index (Phi) is 5.45. The van der Waals surface area contributed by atoms with E-state index in [0.29, 0.717) is 18.4 Å². The number of hydrogen-bond acceptors (Lipinski definition) is 3. The molecule has 2 heterocycles. The van der Waals surface area contributed by atoms with Crippen molar-refractivity contribution in [2.75, 3.05) is 39.3 Å². The van der Waals surface area contributed by atoms with Crippen LogP contribution in [0.15, 0.2) is 0 Å². The number of rotatable bonds is 5. The topological polar surface area (TPSA) is 35.6 Å². The minimum atomic E-state index is 0.333. The number of piperidine rings is 1. The van der Waals surface area contributed by atoms with Gasteiger partial charge < -0.3 is 10.2 Å². The molecule has 0 aliphatic carbocycles. The van der Waals surface area contributed by atoms with E-state index in [1.807, 2.05) is 0 Å². The molecule has 0 saturated carbocycles. The lowest BCUT2D eigenvalue weighted by Gasteiger charge is -2.37. The Morgan fingerprint density at radius 1 is 1.22 bits per heavy atom. The fourth-order valence-corrected chi connectivity index (χ4v) is 3.12. The summed E-state index contributed by atoms with van der Waals surface area (Å²) >= 11 is 0. The Hall–Kier alpha value is -0.610. The lowest BCUT2D eigenvalue weighted by molar-refractivity contribution is -0.133. The van der Waals surface area contributed by atoms with E-state index in [1.54, 1.807) is 0 Å². The standard InChI is InChI=1S/C14H27N3O/c1-2-15-8-7-14(18)17-11-5-6-13(12-17)16-9-3-4-10-16/h13,15H,2-12H2,1H3. The summed E-state index contributed by atoms with van der Waals surface area (Å²) in [6.07, 6.45) is 5.78.